The van der Waals surface area contributed by atoms with Gasteiger partial charge in [0.2, 0.25) is 5.91 Å². The average Bonchev–Trinajstić information content (AvgIpc) is 3.23. The van der Waals surface area contributed by atoms with Gasteiger partial charge < -0.3 is 25.7 Å². The van der Waals surface area contributed by atoms with Gasteiger partial charge in [0.25, 0.3) is 0 Å². The highest BCUT2D eigenvalue weighted by molar-refractivity contribution is 5.80. The summed E-state index contributed by atoms with van der Waals surface area (Å²) in [6, 6.07) is -1.01. The summed E-state index contributed by atoms with van der Waals surface area (Å²) in [5.41, 5.74) is 0. The summed E-state index contributed by atoms with van der Waals surface area (Å²) < 4.78 is 0. The van der Waals surface area contributed by atoms with Gasteiger partial charge in [-0.05, 0) is 89.9 Å². The molecule has 5 N–H and O–H groups in total. The van der Waals surface area contributed by atoms with Gasteiger partial charge in [0.15, 0.2) is 0 Å². The zero-order valence-electron chi connectivity index (χ0n) is 38.0. The molecule has 0 aliphatic rings. The van der Waals surface area contributed by atoms with Crippen LogP contribution >= 0.6 is 0 Å². The molecule has 0 aliphatic heterocycles. The number of amides is 1. The number of aliphatic hydroxyl groups is 4. The summed E-state index contributed by atoms with van der Waals surface area (Å²) >= 11 is 0. The number of unbranched alkanes of at least 4 members (excludes halogenated alkanes) is 25. The van der Waals surface area contributed by atoms with E-state index < -0.39 is 36.9 Å². The Balaban J connectivity index is 3.78. The quantitative estimate of drug-likeness (QED) is 0.0311. The standard InChI is InChI=1S/C52H95NO5/c1-3-5-7-9-11-13-15-17-19-21-23-25-26-28-29-31-33-35-37-39-41-43-45-49(55)51(57)48(47-54)53-52(58)50(56)46-44-42-40-38-36-34-32-30-27-24-22-20-18-16-14-12-10-8-6-4-2/h6,8,12,14,23,25,29,31,37,39,48-51,54-57H,3-5,7,9-11,13,15-22,24,26-28,30,32-36,38,40-47H2,1-2H3,(H,53,58)/b8-6-,14-12-,25-23+,31-29+,39-37+. The van der Waals surface area contributed by atoms with Crippen LogP contribution in [0.4, 0.5) is 0 Å². The number of aliphatic hydroxyl groups excluding tert-OH is 4. The van der Waals surface area contributed by atoms with E-state index in [1.165, 1.54) is 135 Å². The smallest absolute Gasteiger partial charge is 0.249 e. The molecule has 338 valence electrons. The topological polar surface area (TPSA) is 110 Å². The third kappa shape index (κ3) is 39.5. The van der Waals surface area contributed by atoms with Crippen LogP contribution in [0, 0.1) is 0 Å². The second-order valence-electron chi connectivity index (χ2n) is 16.7. The maximum Gasteiger partial charge on any atom is 0.249 e. The monoisotopic (exact) mass is 814 g/mol. The molecule has 1 amide bonds. The predicted molar refractivity (Wildman–Crippen MR) is 251 cm³/mol. The lowest BCUT2D eigenvalue weighted by atomic mass is 10.00. The molecule has 0 rings (SSSR count). The van der Waals surface area contributed by atoms with Gasteiger partial charge in [0.05, 0.1) is 18.8 Å². The molecular formula is C52H95NO5. The van der Waals surface area contributed by atoms with Crippen molar-refractivity contribution in [1.82, 2.24) is 5.32 Å². The highest BCUT2D eigenvalue weighted by Gasteiger charge is 2.28. The minimum absolute atomic E-state index is 0.355. The molecule has 6 heteroatoms. The normalized spacial score (nSPS) is 14.5. The second kappa shape index (κ2) is 46.1. The van der Waals surface area contributed by atoms with E-state index in [0.29, 0.717) is 19.3 Å². The van der Waals surface area contributed by atoms with Gasteiger partial charge >= 0.3 is 0 Å². The molecule has 0 fully saturated rings. The van der Waals surface area contributed by atoms with Gasteiger partial charge in [-0.15, -0.1) is 0 Å². The number of allylic oxidation sites excluding steroid dienone is 10. The van der Waals surface area contributed by atoms with E-state index in [0.717, 1.165) is 64.2 Å². The predicted octanol–water partition coefficient (Wildman–Crippen LogP) is 13.6. The SMILES string of the molecule is CC/C=C\C/C=C\CCCCCCCCCCCCCCCC(O)C(=O)NC(CO)C(O)C(O)CCC/C=C/CC/C=C/CC/C=C/CCCCCCCCCCC. The molecule has 58 heavy (non-hydrogen) atoms. The number of rotatable bonds is 44. The number of carbonyl (C=O) groups is 1. The van der Waals surface area contributed by atoms with Crippen molar-refractivity contribution in [2.24, 2.45) is 0 Å². The highest BCUT2D eigenvalue weighted by Crippen LogP contribution is 2.16. The zero-order chi connectivity index (χ0) is 42.4. The molecule has 0 saturated heterocycles. The number of hydrogen-bond donors (Lipinski definition) is 5. The Morgan fingerprint density at radius 2 is 0.828 bits per heavy atom. The third-order valence-corrected chi connectivity index (χ3v) is 11.2. The van der Waals surface area contributed by atoms with E-state index in [1.807, 2.05) is 0 Å². The molecule has 0 aromatic heterocycles. The van der Waals surface area contributed by atoms with Gasteiger partial charge in [0, 0.05) is 0 Å². The van der Waals surface area contributed by atoms with E-state index in [1.54, 1.807) is 0 Å². The maximum absolute atomic E-state index is 12.5. The van der Waals surface area contributed by atoms with E-state index in [2.05, 4.69) is 79.9 Å². The van der Waals surface area contributed by atoms with Gasteiger partial charge in [0.1, 0.15) is 12.2 Å². The van der Waals surface area contributed by atoms with Crippen molar-refractivity contribution in [3.63, 3.8) is 0 Å². The van der Waals surface area contributed by atoms with E-state index >= 15 is 0 Å². The Kier molecular flexibility index (Phi) is 44.5. The fourth-order valence-corrected chi connectivity index (χ4v) is 7.30. The van der Waals surface area contributed by atoms with Crippen LogP contribution in [0.25, 0.3) is 0 Å². The fourth-order valence-electron chi connectivity index (χ4n) is 7.30. The lowest BCUT2D eigenvalue weighted by Crippen LogP contribution is -2.53. The number of nitrogens with one attached hydrogen (secondary N) is 1. The van der Waals surface area contributed by atoms with Crippen LogP contribution in [-0.2, 0) is 4.79 Å². The summed E-state index contributed by atoms with van der Waals surface area (Å²) in [6.07, 6.45) is 58.3. The van der Waals surface area contributed by atoms with Crippen molar-refractivity contribution in [3.8, 4) is 0 Å². The molecule has 0 bridgehead atoms. The van der Waals surface area contributed by atoms with Crippen LogP contribution in [0.5, 0.6) is 0 Å². The Hall–Kier alpha value is -1.99. The van der Waals surface area contributed by atoms with Crippen LogP contribution in [0.1, 0.15) is 232 Å². The van der Waals surface area contributed by atoms with Gasteiger partial charge in [-0.25, -0.2) is 0 Å². The van der Waals surface area contributed by atoms with Crippen molar-refractivity contribution >= 4 is 5.91 Å². The van der Waals surface area contributed by atoms with Crippen molar-refractivity contribution in [1.29, 1.82) is 0 Å². The van der Waals surface area contributed by atoms with Crippen LogP contribution < -0.4 is 5.32 Å². The van der Waals surface area contributed by atoms with Crippen LogP contribution in [0.15, 0.2) is 60.8 Å². The minimum atomic E-state index is -1.30. The lowest BCUT2D eigenvalue weighted by molar-refractivity contribution is -0.132. The molecule has 4 unspecified atom stereocenters. The average molecular weight is 814 g/mol. The van der Waals surface area contributed by atoms with Crippen LogP contribution in [-0.4, -0.2) is 57.3 Å². The molecule has 0 spiro atoms. The summed E-state index contributed by atoms with van der Waals surface area (Å²) in [4.78, 5) is 12.5. The Morgan fingerprint density at radius 1 is 0.448 bits per heavy atom. The molecule has 0 saturated carbocycles. The summed E-state index contributed by atoms with van der Waals surface area (Å²) in [5, 5.41) is 43.8. The first-order valence-corrected chi connectivity index (χ1v) is 24.7. The lowest BCUT2D eigenvalue weighted by Gasteiger charge is -2.27. The summed E-state index contributed by atoms with van der Waals surface area (Å²) in [6.45, 7) is 3.94. The first kappa shape index (κ1) is 56.0. The van der Waals surface area contributed by atoms with Gasteiger partial charge in [-0.2, -0.15) is 0 Å². The summed E-state index contributed by atoms with van der Waals surface area (Å²) in [5.74, 6) is -0.601. The van der Waals surface area contributed by atoms with Gasteiger partial charge in [-0.1, -0.05) is 203 Å². The Labute approximate surface area is 359 Å². The second-order valence-corrected chi connectivity index (χ2v) is 16.7. The molecule has 0 radical (unpaired) electrons. The highest BCUT2D eigenvalue weighted by atomic mass is 16.3. The molecule has 0 aliphatic carbocycles. The van der Waals surface area contributed by atoms with E-state index in [4.69, 9.17) is 0 Å². The fraction of sp³-hybridized carbons (Fsp3) is 0.788. The van der Waals surface area contributed by atoms with Crippen molar-refractivity contribution in [2.75, 3.05) is 6.61 Å². The van der Waals surface area contributed by atoms with Crippen LogP contribution in [0.2, 0.25) is 0 Å². The van der Waals surface area contributed by atoms with Crippen molar-refractivity contribution in [3.05, 3.63) is 60.8 Å². The molecule has 0 heterocycles. The van der Waals surface area contributed by atoms with Crippen molar-refractivity contribution < 1.29 is 25.2 Å². The van der Waals surface area contributed by atoms with Gasteiger partial charge in [-0.3, -0.25) is 4.79 Å². The van der Waals surface area contributed by atoms with Crippen molar-refractivity contribution in [2.45, 2.75) is 257 Å². The largest absolute Gasteiger partial charge is 0.394 e. The van der Waals surface area contributed by atoms with Crippen LogP contribution in [0.3, 0.4) is 0 Å². The Morgan fingerprint density at radius 3 is 1.28 bits per heavy atom. The molecule has 0 aromatic carbocycles. The molecular weight excluding hydrogens is 719 g/mol. The number of hydrogen-bond acceptors (Lipinski definition) is 5. The number of carbonyl (C=O) groups excluding carboxylic acids is 1. The first-order chi connectivity index (χ1) is 28.5. The van der Waals surface area contributed by atoms with E-state index in [-0.39, 0.29) is 0 Å². The molecule has 4 atom stereocenters. The Bertz CT molecular complexity index is 1000. The minimum Gasteiger partial charge on any atom is -0.394 e. The zero-order valence-corrected chi connectivity index (χ0v) is 38.0. The molecule has 6 nitrogen and oxygen atoms in total. The summed E-state index contributed by atoms with van der Waals surface area (Å²) in [7, 11) is 0. The van der Waals surface area contributed by atoms with E-state index in [9.17, 15) is 25.2 Å². The molecule has 0 aromatic rings. The third-order valence-electron chi connectivity index (χ3n) is 11.2. The first-order valence-electron chi connectivity index (χ1n) is 24.7. The maximum atomic E-state index is 12.5.